The average molecular weight is 239 g/mol. The number of aliphatic hydroxyl groups excluding tert-OH is 1. The summed E-state index contributed by atoms with van der Waals surface area (Å²) in [5.74, 6) is 2.27. The maximum absolute atomic E-state index is 10.6. The minimum atomic E-state index is -0.337. The van der Waals surface area contributed by atoms with E-state index in [4.69, 9.17) is 0 Å². The van der Waals surface area contributed by atoms with Crippen molar-refractivity contribution in [3.63, 3.8) is 0 Å². The molecule has 0 spiro atoms. The van der Waals surface area contributed by atoms with Crippen LogP contribution in [0.25, 0.3) is 10.9 Å². The van der Waals surface area contributed by atoms with E-state index < -0.39 is 0 Å². The van der Waals surface area contributed by atoms with Crippen molar-refractivity contribution in [2.75, 3.05) is 0 Å². The summed E-state index contributed by atoms with van der Waals surface area (Å²) in [6, 6.07) is 10.1. The Balaban J connectivity index is 1.72. The molecule has 2 aliphatic rings. The first-order chi connectivity index (χ1) is 8.83. The van der Waals surface area contributed by atoms with Crippen LogP contribution in [-0.4, -0.2) is 10.1 Å². The second-order valence-corrected chi connectivity index (χ2v) is 5.85. The zero-order valence-electron chi connectivity index (χ0n) is 10.3. The lowest BCUT2D eigenvalue weighted by atomic mass is 9.90. The zero-order chi connectivity index (χ0) is 12.1. The highest BCUT2D eigenvalue weighted by atomic mass is 16.3. The molecule has 2 fully saturated rings. The van der Waals surface area contributed by atoms with Gasteiger partial charge in [-0.2, -0.15) is 0 Å². The van der Waals surface area contributed by atoms with E-state index in [1.807, 2.05) is 24.4 Å². The van der Waals surface area contributed by atoms with Crippen LogP contribution in [0.5, 0.6) is 0 Å². The predicted molar refractivity (Wildman–Crippen MR) is 71.0 cm³/mol. The Morgan fingerprint density at radius 3 is 2.67 bits per heavy atom. The molecular formula is C16H17NO. The van der Waals surface area contributed by atoms with Gasteiger partial charge in [-0.15, -0.1) is 0 Å². The summed E-state index contributed by atoms with van der Waals surface area (Å²) in [5, 5.41) is 11.7. The molecule has 1 aromatic carbocycles. The third kappa shape index (κ3) is 1.56. The fraction of sp³-hybridized carbons (Fsp3) is 0.438. The van der Waals surface area contributed by atoms with Crippen molar-refractivity contribution in [1.29, 1.82) is 0 Å². The van der Waals surface area contributed by atoms with Crippen molar-refractivity contribution in [2.24, 2.45) is 17.8 Å². The Kier molecular flexibility index (Phi) is 2.21. The highest BCUT2D eigenvalue weighted by Crippen LogP contribution is 2.57. The summed E-state index contributed by atoms with van der Waals surface area (Å²) < 4.78 is 0. The molecule has 18 heavy (non-hydrogen) atoms. The maximum atomic E-state index is 10.6. The van der Waals surface area contributed by atoms with Crippen LogP contribution in [0.3, 0.4) is 0 Å². The summed E-state index contributed by atoms with van der Waals surface area (Å²) in [7, 11) is 0. The van der Waals surface area contributed by atoms with Gasteiger partial charge in [0.15, 0.2) is 0 Å². The molecule has 2 aromatic rings. The third-order valence-corrected chi connectivity index (χ3v) is 4.71. The molecule has 92 valence electrons. The standard InChI is InChI=1S/C16H17NO/c18-16(13-8-11-7-12(11)9-13)14-5-1-3-10-4-2-6-17-15(10)14/h1-6,11-13,16,18H,7-9H2. The van der Waals surface area contributed by atoms with Gasteiger partial charge in [0.05, 0.1) is 11.6 Å². The van der Waals surface area contributed by atoms with Crippen molar-refractivity contribution in [1.82, 2.24) is 4.98 Å². The van der Waals surface area contributed by atoms with Gasteiger partial charge in [0.2, 0.25) is 0 Å². The molecule has 3 unspecified atom stereocenters. The van der Waals surface area contributed by atoms with Crippen LogP contribution in [0.4, 0.5) is 0 Å². The molecule has 0 amide bonds. The lowest BCUT2D eigenvalue weighted by molar-refractivity contribution is 0.105. The van der Waals surface area contributed by atoms with E-state index in [1.54, 1.807) is 0 Å². The summed E-state index contributed by atoms with van der Waals surface area (Å²) in [6.45, 7) is 0. The van der Waals surface area contributed by atoms with Crippen LogP contribution in [0.2, 0.25) is 0 Å². The monoisotopic (exact) mass is 239 g/mol. The highest BCUT2D eigenvalue weighted by Gasteiger charge is 2.48. The number of nitrogens with zero attached hydrogens (tertiary/aromatic N) is 1. The number of hydrogen-bond acceptors (Lipinski definition) is 2. The van der Waals surface area contributed by atoms with Gasteiger partial charge in [0, 0.05) is 17.1 Å². The number of pyridine rings is 1. The number of aliphatic hydroxyl groups is 1. The van der Waals surface area contributed by atoms with Crippen LogP contribution in [0.15, 0.2) is 36.5 Å². The molecule has 2 saturated carbocycles. The number of hydrogen-bond donors (Lipinski definition) is 1. The molecule has 1 heterocycles. The molecule has 0 bridgehead atoms. The molecule has 0 radical (unpaired) electrons. The summed E-state index contributed by atoms with van der Waals surface area (Å²) in [5.41, 5.74) is 1.98. The minimum absolute atomic E-state index is 0.337. The maximum Gasteiger partial charge on any atom is 0.0839 e. The Morgan fingerprint density at radius 1 is 1.06 bits per heavy atom. The van der Waals surface area contributed by atoms with Gasteiger partial charge in [0.1, 0.15) is 0 Å². The fourth-order valence-electron chi connectivity index (χ4n) is 3.64. The van der Waals surface area contributed by atoms with Crippen LogP contribution >= 0.6 is 0 Å². The van der Waals surface area contributed by atoms with Crippen LogP contribution in [0, 0.1) is 17.8 Å². The number of rotatable bonds is 2. The van der Waals surface area contributed by atoms with Gasteiger partial charge in [-0.1, -0.05) is 24.3 Å². The quantitative estimate of drug-likeness (QED) is 0.872. The topological polar surface area (TPSA) is 33.1 Å². The molecule has 1 aromatic heterocycles. The van der Waals surface area contributed by atoms with Gasteiger partial charge in [-0.05, 0) is 43.1 Å². The fourth-order valence-corrected chi connectivity index (χ4v) is 3.64. The lowest BCUT2D eigenvalue weighted by Gasteiger charge is -2.20. The Bertz CT molecular complexity index is 579. The predicted octanol–water partition coefficient (Wildman–Crippen LogP) is 3.31. The van der Waals surface area contributed by atoms with Crippen molar-refractivity contribution >= 4 is 10.9 Å². The highest BCUT2D eigenvalue weighted by molar-refractivity contribution is 5.81. The Morgan fingerprint density at radius 2 is 1.83 bits per heavy atom. The van der Waals surface area contributed by atoms with Gasteiger partial charge in [-0.25, -0.2) is 0 Å². The molecule has 3 atom stereocenters. The normalized spacial score (nSPS) is 31.3. The summed E-state index contributed by atoms with van der Waals surface area (Å²) >= 11 is 0. The van der Waals surface area contributed by atoms with Crippen molar-refractivity contribution in [3.8, 4) is 0 Å². The minimum Gasteiger partial charge on any atom is -0.388 e. The van der Waals surface area contributed by atoms with E-state index >= 15 is 0 Å². The number of aromatic nitrogens is 1. The molecule has 2 heteroatoms. The number of fused-ring (bicyclic) bond motifs is 2. The van der Waals surface area contributed by atoms with Crippen molar-refractivity contribution < 1.29 is 5.11 Å². The smallest absolute Gasteiger partial charge is 0.0839 e. The van der Waals surface area contributed by atoms with E-state index in [0.29, 0.717) is 5.92 Å². The van der Waals surface area contributed by atoms with Crippen molar-refractivity contribution in [2.45, 2.75) is 25.4 Å². The van der Waals surface area contributed by atoms with Crippen molar-refractivity contribution in [3.05, 3.63) is 42.1 Å². The van der Waals surface area contributed by atoms with E-state index in [-0.39, 0.29) is 6.10 Å². The Hall–Kier alpha value is -1.41. The van der Waals surface area contributed by atoms with E-state index in [1.165, 1.54) is 19.3 Å². The van der Waals surface area contributed by atoms with E-state index in [0.717, 1.165) is 28.3 Å². The van der Waals surface area contributed by atoms with Gasteiger partial charge in [-0.3, -0.25) is 4.98 Å². The summed E-state index contributed by atoms with van der Waals surface area (Å²) in [6.07, 6.45) is 5.28. The van der Waals surface area contributed by atoms with Crippen LogP contribution in [0.1, 0.15) is 30.9 Å². The second-order valence-electron chi connectivity index (χ2n) is 5.85. The molecular weight excluding hydrogens is 222 g/mol. The summed E-state index contributed by atoms with van der Waals surface area (Å²) in [4.78, 5) is 4.44. The first kappa shape index (κ1) is 10.5. The first-order valence-corrected chi connectivity index (χ1v) is 6.84. The third-order valence-electron chi connectivity index (χ3n) is 4.71. The average Bonchev–Trinajstić information content (AvgIpc) is 3.04. The zero-order valence-corrected chi connectivity index (χ0v) is 10.3. The second kappa shape index (κ2) is 3.79. The number of benzene rings is 1. The molecule has 0 saturated heterocycles. The number of para-hydroxylation sites is 1. The molecule has 2 aliphatic carbocycles. The Labute approximate surface area is 107 Å². The molecule has 2 nitrogen and oxygen atoms in total. The SMILES string of the molecule is OC(c1cccc2cccnc12)C1CC2CC2C1. The molecule has 1 N–H and O–H groups in total. The van der Waals surface area contributed by atoms with Gasteiger partial charge >= 0.3 is 0 Å². The largest absolute Gasteiger partial charge is 0.388 e. The van der Waals surface area contributed by atoms with Gasteiger partial charge in [0.25, 0.3) is 0 Å². The first-order valence-electron chi connectivity index (χ1n) is 6.84. The van der Waals surface area contributed by atoms with Gasteiger partial charge < -0.3 is 5.11 Å². The molecule has 4 rings (SSSR count). The van der Waals surface area contributed by atoms with E-state index in [2.05, 4.69) is 17.1 Å². The molecule has 0 aliphatic heterocycles. The van der Waals surface area contributed by atoms with Crippen LogP contribution < -0.4 is 0 Å². The lowest BCUT2D eigenvalue weighted by Crippen LogP contribution is -2.11. The van der Waals surface area contributed by atoms with Crippen LogP contribution in [-0.2, 0) is 0 Å². The van der Waals surface area contributed by atoms with E-state index in [9.17, 15) is 5.11 Å².